The first-order valence-electron chi connectivity index (χ1n) is 9.48. The summed E-state index contributed by atoms with van der Waals surface area (Å²) in [7, 11) is -3.49. The molecule has 1 aliphatic rings. The van der Waals surface area contributed by atoms with Gasteiger partial charge in [-0.2, -0.15) is 4.31 Å². The Balaban J connectivity index is 1.63. The molecule has 28 heavy (non-hydrogen) atoms. The molecule has 0 bridgehead atoms. The van der Waals surface area contributed by atoms with Crippen molar-refractivity contribution >= 4 is 26.7 Å². The summed E-state index contributed by atoms with van der Waals surface area (Å²) in [6.07, 6.45) is 0. The number of rotatable bonds is 6. The van der Waals surface area contributed by atoms with Gasteiger partial charge in [-0.1, -0.05) is 26.0 Å². The van der Waals surface area contributed by atoms with Crippen molar-refractivity contribution in [2.24, 2.45) is 0 Å². The zero-order chi connectivity index (χ0) is 19.7. The SMILES string of the molecule is CCN(CC)S(=O)(=O)c1ccc2nc(CN3CCOc4ccccc43)[nH]c2c1. The smallest absolute Gasteiger partial charge is 0.243 e. The lowest BCUT2D eigenvalue weighted by Gasteiger charge is -2.30. The number of H-pyrrole nitrogens is 1. The summed E-state index contributed by atoms with van der Waals surface area (Å²) in [5.41, 5.74) is 2.53. The molecule has 7 nitrogen and oxygen atoms in total. The second-order valence-electron chi connectivity index (χ2n) is 6.69. The normalized spacial score (nSPS) is 14.3. The first-order valence-corrected chi connectivity index (χ1v) is 10.9. The molecule has 0 fully saturated rings. The van der Waals surface area contributed by atoms with E-state index in [2.05, 4.69) is 14.9 Å². The molecular weight excluding hydrogens is 376 g/mol. The maximum Gasteiger partial charge on any atom is 0.243 e. The Morgan fingerprint density at radius 1 is 1.18 bits per heavy atom. The van der Waals surface area contributed by atoms with Crippen LogP contribution in [-0.4, -0.2) is 48.9 Å². The summed E-state index contributed by atoms with van der Waals surface area (Å²) in [5.74, 6) is 1.67. The minimum Gasteiger partial charge on any atom is -0.490 e. The maximum atomic E-state index is 12.8. The van der Waals surface area contributed by atoms with Crippen molar-refractivity contribution in [2.45, 2.75) is 25.3 Å². The molecule has 1 N–H and O–H groups in total. The predicted octanol–water partition coefficient (Wildman–Crippen LogP) is 2.99. The Kier molecular flexibility index (Phi) is 4.99. The Hall–Kier alpha value is -2.58. The zero-order valence-corrected chi connectivity index (χ0v) is 16.9. The standard InChI is InChI=1S/C20H24N4O3S/c1-3-24(4-2)28(25,26)15-9-10-16-17(13-15)22-20(21-16)14-23-11-12-27-19-8-6-5-7-18(19)23/h5-10,13H,3-4,11-12,14H2,1-2H3,(H,21,22). The van der Waals surface area contributed by atoms with Crippen molar-refractivity contribution in [3.63, 3.8) is 0 Å². The number of fused-ring (bicyclic) bond motifs is 2. The van der Waals surface area contributed by atoms with Gasteiger partial charge in [0, 0.05) is 13.1 Å². The van der Waals surface area contributed by atoms with E-state index in [9.17, 15) is 8.42 Å². The van der Waals surface area contributed by atoms with Crippen LogP contribution in [0, 0.1) is 0 Å². The van der Waals surface area contributed by atoms with Gasteiger partial charge in [-0.15, -0.1) is 0 Å². The van der Waals surface area contributed by atoms with Gasteiger partial charge >= 0.3 is 0 Å². The summed E-state index contributed by atoms with van der Waals surface area (Å²) in [4.78, 5) is 10.4. The fraction of sp³-hybridized carbons (Fsp3) is 0.350. The summed E-state index contributed by atoms with van der Waals surface area (Å²) in [6.45, 7) is 6.58. The van der Waals surface area contributed by atoms with Crippen LogP contribution < -0.4 is 9.64 Å². The second-order valence-corrected chi connectivity index (χ2v) is 8.63. The van der Waals surface area contributed by atoms with Crippen LogP contribution >= 0.6 is 0 Å². The van der Waals surface area contributed by atoms with Gasteiger partial charge in [-0.05, 0) is 30.3 Å². The number of nitrogens with one attached hydrogen (secondary N) is 1. The lowest BCUT2D eigenvalue weighted by molar-refractivity contribution is 0.306. The van der Waals surface area contributed by atoms with E-state index in [4.69, 9.17) is 4.74 Å². The number of imidazole rings is 1. The number of para-hydroxylation sites is 2. The van der Waals surface area contributed by atoms with Gasteiger partial charge in [0.05, 0.1) is 34.7 Å². The van der Waals surface area contributed by atoms with Crippen molar-refractivity contribution < 1.29 is 13.2 Å². The van der Waals surface area contributed by atoms with Crippen LogP contribution in [0.2, 0.25) is 0 Å². The molecular formula is C20H24N4O3S. The average molecular weight is 401 g/mol. The van der Waals surface area contributed by atoms with Crippen molar-refractivity contribution in [3.8, 4) is 5.75 Å². The van der Waals surface area contributed by atoms with Gasteiger partial charge < -0.3 is 14.6 Å². The van der Waals surface area contributed by atoms with Crippen LogP contribution in [0.25, 0.3) is 11.0 Å². The molecule has 0 unspecified atom stereocenters. The van der Waals surface area contributed by atoms with Crippen LogP contribution in [0.15, 0.2) is 47.4 Å². The molecule has 0 aliphatic carbocycles. The molecule has 0 spiro atoms. The monoisotopic (exact) mass is 400 g/mol. The second kappa shape index (κ2) is 7.44. The molecule has 2 heterocycles. The van der Waals surface area contributed by atoms with E-state index in [0.29, 0.717) is 26.2 Å². The lowest BCUT2D eigenvalue weighted by Crippen LogP contribution is -2.32. The van der Waals surface area contributed by atoms with Crippen molar-refractivity contribution in [1.29, 1.82) is 0 Å². The molecule has 1 aliphatic heterocycles. The van der Waals surface area contributed by atoms with E-state index in [-0.39, 0.29) is 4.90 Å². The van der Waals surface area contributed by atoms with Gasteiger partial charge in [0.2, 0.25) is 10.0 Å². The molecule has 0 amide bonds. The third-order valence-electron chi connectivity index (χ3n) is 5.01. The van der Waals surface area contributed by atoms with Crippen molar-refractivity contribution in [2.75, 3.05) is 31.1 Å². The number of nitrogens with zero attached hydrogens (tertiary/aromatic N) is 3. The molecule has 0 atom stereocenters. The quantitative estimate of drug-likeness (QED) is 0.688. The Bertz CT molecular complexity index is 1090. The molecule has 0 saturated carbocycles. The Morgan fingerprint density at radius 3 is 2.75 bits per heavy atom. The van der Waals surface area contributed by atoms with Crippen molar-refractivity contribution in [1.82, 2.24) is 14.3 Å². The number of ether oxygens (including phenoxy) is 1. The molecule has 1 aromatic heterocycles. The highest BCUT2D eigenvalue weighted by Gasteiger charge is 2.23. The third-order valence-corrected chi connectivity index (χ3v) is 7.06. The molecule has 0 saturated heterocycles. The van der Waals surface area contributed by atoms with Crippen LogP contribution in [-0.2, 0) is 16.6 Å². The number of aromatic nitrogens is 2. The molecule has 148 valence electrons. The van der Waals surface area contributed by atoms with Crippen LogP contribution in [0.1, 0.15) is 19.7 Å². The minimum atomic E-state index is -3.49. The van der Waals surface area contributed by atoms with E-state index in [1.165, 1.54) is 4.31 Å². The van der Waals surface area contributed by atoms with Gasteiger partial charge in [-0.3, -0.25) is 0 Å². The van der Waals surface area contributed by atoms with E-state index in [1.807, 2.05) is 38.1 Å². The minimum absolute atomic E-state index is 0.288. The highest BCUT2D eigenvalue weighted by Crippen LogP contribution is 2.32. The fourth-order valence-electron chi connectivity index (χ4n) is 3.56. The van der Waals surface area contributed by atoms with E-state index in [0.717, 1.165) is 34.8 Å². The fourth-order valence-corrected chi connectivity index (χ4v) is 5.05. The number of hydrogen-bond donors (Lipinski definition) is 1. The highest BCUT2D eigenvalue weighted by atomic mass is 32.2. The molecule has 2 aromatic carbocycles. The van der Waals surface area contributed by atoms with Crippen LogP contribution in [0.3, 0.4) is 0 Å². The van der Waals surface area contributed by atoms with Gasteiger partial charge in [0.25, 0.3) is 0 Å². The number of anilines is 1. The largest absolute Gasteiger partial charge is 0.490 e. The average Bonchev–Trinajstić information content (AvgIpc) is 3.10. The van der Waals surface area contributed by atoms with Gasteiger partial charge in [0.15, 0.2) is 0 Å². The number of sulfonamides is 1. The predicted molar refractivity (Wildman–Crippen MR) is 109 cm³/mol. The summed E-state index contributed by atoms with van der Waals surface area (Å²) >= 11 is 0. The summed E-state index contributed by atoms with van der Waals surface area (Å²) in [6, 6.07) is 13.0. The number of benzene rings is 2. The van der Waals surface area contributed by atoms with Crippen LogP contribution in [0.5, 0.6) is 5.75 Å². The topological polar surface area (TPSA) is 78.5 Å². The van der Waals surface area contributed by atoms with Crippen LogP contribution in [0.4, 0.5) is 5.69 Å². The molecule has 4 rings (SSSR count). The first kappa shape index (κ1) is 18.8. The summed E-state index contributed by atoms with van der Waals surface area (Å²) < 4.78 is 32.7. The number of aromatic amines is 1. The van der Waals surface area contributed by atoms with E-state index < -0.39 is 10.0 Å². The Morgan fingerprint density at radius 2 is 1.96 bits per heavy atom. The zero-order valence-electron chi connectivity index (χ0n) is 16.1. The number of hydrogen-bond acceptors (Lipinski definition) is 5. The van der Waals surface area contributed by atoms with E-state index in [1.54, 1.807) is 18.2 Å². The summed E-state index contributed by atoms with van der Waals surface area (Å²) in [5, 5.41) is 0. The molecule has 0 radical (unpaired) electrons. The highest BCUT2D eigenvalue weighted by molar-refractivity contribution is 7.89. The Labute approximate surface area is 165 Å². The molecule has 3 aromatic rings. The van der Waals surface area contributed by atoms with Crippen molar-refractivity contribution in [3.05, 3.63) is 48.3 Å². The first-order chi connectivity index (χ1) is 13.5. The third kappa shape index (κ3) is 3.33. The molecule has 8 heteroatoms. The van der Waals surface area contributed by atoms with E-state index >= 15 is 0 Å². The van der Waals surface area contributed by atoms with Gasteiger partial charge in [-0.25, -0.2) is 13.4 Å². The maximum absolute atomic E-state index is 12.8. The lowest BCUT2D eigenvalue weighted by atomic mass is 10.2. The van der Waals surface area contributed by atoms with Gasteiger partial charge in [0.1, 0.15) is 18.2 Å².